The zero-order valence-electron chi connectivity index (χ0n) is 40.7. The molecule has 9 aromatic carbocycles. The minimum Gasteiger partial charge on any atom is -0.813 e. The van der Waals surface area contributed by atoms with Crippen LogP contribution in [-0.2, 0) is 366 Å². The largest absolute Gasteiger partial charge is 0.813 e. The molecule has 0 radical (unpaired) electrons. The number of hydrogen-bond donors (Lipinski definition) is 0. The zero-order chi connectivity index (χ0) is 46.0. The van der Waals surface area contributed by atoms with E-state index in [1.807, 2.05) is 273 Å². The summed E-state index contributed by atoms with van der Waals surface area (Å²) in [5, 5.41) is 0. The molecule has 448 valence electrons. The quantitative estimate of drug-likeness (QED) is 0.0803. The molecule has 0 saturated heterocycles. The Morgan fingerprint density at radius 3 is 0.203 bits per heavy atom. The number of benzene rings is 9. The Kier molecular flexibility index (Phi) is 142. The number of hydrogen-bond acceptors (Lipinski definition) is 17. The smallest absolute Gasteiger partial charge is 0 e. The van der Waals surface area contributed by atoms with E-state index in [1.54, 1.807) is 0 Å². The van der Waals surface area contributed by atoms with Crippen molar-refractivity contribution in [3.05, 3.63) is 273 Å². The van der Waals surface area contributed by atoms with Crippen LogP contribution in [-0.4, -0.2) is 0 Å². The SMILES string of the molecule is [Fe].[Fe].[Fe].[Fe].[Fe].[Fe].[Mo].[Mo].[S-]c1ccccc1.[S-]c1ccccc1.[S-]c1ccccc1.[S-]c1ccccc1.[S-]c1ccccc1.[S-]c1ccccc1.[S-]c1ccccc1.[S-]c1ccccc1.[S-]c1ccccc1.[SH-].[SH-].[SH-].[SH-].[SH-].[SH-].[SH-].[SH-]. The van der Waals surface area contributed by atoms with Crippen LogP contribution in [0, 0.1) is 0 Å². The van der Waals surface area contributed by atoms with Crippen LogP contribution in [0.3, 0.4) is 0 Å². The second kappa shape index (κ2) is 91.4. The van der Waals surface area contributed by atoms with E-state index in [4.69, 9.17) is 114 Å². The monoisotopic (exact) mass is 1780 g/mol. The fourth-order valence-electron chi connectivity index (χ4n) is 3.78. The van der Waals surface area contributed by atoms with Crippen molar-refractivity contribution >= 4 is 222 Å². The Hall–Kier alpha value is 2.25. The van der Waals surface area contributed by atoms with Gasteiger partial charge in [-0.3, -0.25) is 0 Å². The molecular weight excluding hydrogens is 1720 g/mol. The summed E-state index contributed by atoms with van der Waals surface area (Å²) < 4.78 is 0. The van der Waals surface area contributed by atoms with Gasteiger partial charge in [-0.1, -0.05) is 273 Å². The molecule has 0 N–H and O–H groups in total. The second-order valence-corrected chi connectivity index (χ2v) is 16.1. The van der Waals surface area contributed by atoms with Gasteiger partial charge in [0.05, 0.1) is 0 Å². The standard InChI is InChI=1S/9C6H6S.6Fe.2Mo.8H2S/c9*7-6-4-2-1-3-5-6;;;;;;;;;;;;;;;;/h9*1-5,7H;;;;;;;;;8*1H2/p-17. The van der Waals surface area contributed by atoms with Gasteiger partial charge in [0, 0.05) is 145 Å². The first-order valence-corrected chi connectivity index (χ1v) is 22.7. The first-order chi connectivity index (χ1) is 30.5. The Labute approximate surface area is 672 Å². The first kappa shape index (κ1) is 123. The average Bonchev–Trinajstić information content (AvgIpc) is 3.31. The second-order valence-electron chi connectivity index (χ2n) is 11.8. The van der Waals surface area contributed by atoms with Gasteiger partial charge in [-0.05, 0) is 0 Å². The summed E-state index contributed by atoms with van der Waals surface area (Å²) in [6, 6.07) is 86.5. The molecule has 0 spiro atoms. The van der Waals surface area contributed by atoms with Gasteiger partial charge in [-0.25, -0.2) is 0 Å². The molecule has 0 atom stereocenters. The van der Waals surface area contributed by atoms with Crippen molar-refractivity contribution in [2.24, 2.45) is 0 Å². The molecule has 0 aliphatic heterocycles. The first-order valence-electron chi connectivity index (χ1n) is 19.0. The van der Waals surface area contributed by atoms with Gasteiger partial charge in [0.2, 0.25) is 0 Å². The topological polar surface area (TPSA) is 0 Å². The van der Waals surface area contributed by atoms with Crippen molar-refractivity contribution in [2.75, 3.05) is 0 Å². The maximum absolute atomic E-state index is 4.81. The van der Waals surface area contributed by atoms with Crippen LogP contribution in [0.4, 0.5) is 0 Å². The van der Waals surface area contributed by atoms with Crippen LogP contribution in [0.1, 0.15) is 0 Å². The van der Waals surface area contributed by atoms with E-state index in [1.165, 1.54) is 0 Å². The van der Waals surface area contributed by atoms with Gasteiger partial charge >= 0.3 is 0 Å². The molecule has 25 heteroatoms. The van der Waals surface area contributed by atoms with Crippen LogP contribution in [0.15, 0.2) is 317 Å². The van der Waals surface area contributed by atoms with Gasteiger partial charge < -0.3 is 222 Å². The average molecular weight is 1770 g/mol. The summed E-state index contributed by atoms with van der Waals surface area (Å²) in [5.41, 5.74) is 0. The Morgan fingerprint density at radius 1 is 0.127 bits per heavy atom. The van der Waals surface area contributed by atoms with E-state index >= 15 is 0 Å². The van der Waals surface area contributed by atoms with Gasteiger partial charge in [0.25, 0.3) is 0 Å². The molecule has 0 saturated carbocycles. The minimum atomic E-state index is 0. The van der Waals surface area contributed by atoms with Crippen molar-refractivity contribution in [3.8, 4) is 0 Å². The van der Waals surface area contributed by atoms with E-state index in [0.717, 1.165) is 44.1 Å². The zero-order valence-corrected chi connectivity index (χ0v) is 65.8. The molecule has 0 fully saturated rings. The van der Waals surface area contributed by atoms with Crippen molar-refractivity contribution < 1.29 is 145 Å². The fourth-order valence-corrected chi connectivity index (χ4v) is 5.20. The molecule has 9 rings (SSSR count). The molecule has 0 aliphatic rings. The predicted molar refractivity (Wildman–Crippen MR) is 359 cm³/mol. The molecule has 0 amide bonds. The third-order valence-corrected chi connectivity index (χ3v) is 9.14. The van der Waals surface area contributed by atoms with Crippen LogP contribution in [0.5, 0.6) is 0 Å². The van der Waals surface area contributed by atoms with Gasteiger partial charge in [0.15, 0.2) is 0 Å². The molecule has 0 heterocycles. The maximum Gasteiger partial charge on any atom is 0 e. The number of thiol groups is 8. The van der Waals surface area contributed by atoms with Crippen LogP contribution >= 0.6 is 0 Å². The Balaban J connectivity index is -0.0000000394. The van der Waals surface area contributed by atoms with Gasteiger partial charge in [-0.2, -0.15) is 44.1 Å². The van der Waals surface area contributed by atoms with E-state index in [0.29, 0.717) is 0 Å². The summed E-state index contributed by atoms with van der Waals surface area (Å²) in [5.74, 6) is 0. The van der Waals surface area contributed by atoms with Crippen molar-refractivity contribution in [1.82, 2.24) is 0 Å². The molecule has 0 bridgehead atoms. The van der Waals surface area contributed by atoms with Crippen molar-refractivity contribution in [2.45, 2.75) is 44.1 Å². The van der Waals surface area contributed by atoms with E-state index in [2.05, 4.69) is 0 Å². The summed E-state index contributed by atoms with van der Waals surface area (Å²) in [6.45, 7) is 0. The number of rotatable bonds is 0. The van der Waals surface area contributed by atoms with E-state index < -0.39 is 0 Å². The van der Waals surface area contributed by atoms with Gasteiger partial charge in [0.1, 0.15) is 0 Å². The van der Waals surface area contributed by atoms with Gasteiger partial charge in [-0.15, -0.1) is 0 Å². The summed E-state index contributed by atoms with van der Waals surface area (Å²) in [7, 11) is 0. The molecule has 0 aromatic heterocycles. The molecule has 0 nitrogen and oxygen atoms in total. The summed E-state index contributed by atoms with van der Waals surface area (Å²) in [4.78, 5) is 8.15. The van der Waals surface area contributed by atoms with Crippen molar-refractivity contribution in [1.29, 1.82) is 0 Å². The minimum absolute atomic E-state index is 0. The third-order valence-electron chi connectivity index (χ3n) is 6.69. The molecule has 0 aliphatic carbocycles. The molecular formula is C54H53Fe6Mo2S17-17. The summed E-state index contributed by atoms with van der Waals surface area (Å²) >= 11 is 43.3. The maximum atomic E-state index is 4.81. The van der Waals surface area contributed by atoms with Crippen LogP contribution < -0.4 is 0 Å². The van der Waals surface area contributed by atoms with E-state index in [9.17, 15) is 0 Å². The molecule has 0 unspecified atom stereocenters. The normalized spacial score (nSPS) is 6.84. The fraction of sp³-hybridized carbons (Fsp3) is 0. The van der Waals surface area contributed by atoms with Crippen LogP contribution in [0.2, 0.25) is 0 Å². The van der Waals surface area contributed by atoms with Crippen LogP contribution in [0.25, 0.3) is 0 Å². The summed E-state index contributed by atoms with van der Waals surface area (Å²) in [6.07, 6.45) is 0. The van der Waals surface area contributed by atoms with E-state index in [-0.39, 0.29) is 253 Å². The Bertz CT molecular complexity index is 1800. The predicted octanol–water partition coefficient (Wildman–Crippen LogP) is 12.2. The third kappa shape index (κ3) is 89.1. The molecule has 9 aromatic rings. The molecule has 79 heavy (non-hydrogen) atoms. The van der Waals surface area contributed by atoms with Crippen molar-refractivity contribution in [3.63, 3.8) is 0 Å². The Morgan fingerprint density at radius 2 is 0.177 bits per heavy atom.